The minimum atomic E-state index is 0.786. The average Bonchev–Trinajstić information content (AvgIpc) is 2.64. The number of aromatic nitrogens is 1. The van der Waals surface area contributed by atoms with Crippen molar-refractivity contribution in [2.24, 2.45) is 0 Å². The number of rotatable bonds is 3. The first-order chi connectivity index (χ1) is 7.24. The number of halogens is 1. The second kappa shape index (κ2) is 5.01. The fourth-order valence-corrected chi connectivity index (χ4v) is 3.06. The van der Waals surface area contributed by atoms with Crippen LogP contribution in [-0.4, -0.2) is 4.98 Å². The van der Waals surface area contributed by atoms with Gasteiger partial charge in [0.25, 0.3) is 0 Å². The van der Waals surface area contributed by atoms with Gasteiger partial charge in [0.15, 0.2) is 0 Å². The second-order valence-corrected chi connectivity index (χ2v) is 5.69. The lowest BCUT2D eigenvalue weighted by Crippen LogP contribution is -1.79. The van der Waals surface area contributed by atoms with Gasteiger partial charge in [0.05, 0.1) is 0 Å². The SMILES string of the molecule is Cc1csc(SCc2ccc(Cl)cc2)n1. The van der Waals surface area contributed by atoms with E-state index >= 15 is 0 Å². The van der Waals surface area contributed by atoms with Gasteiger partial charge in [-0.15, -0.1) is 11.3 Å². The summed E-state index contributed by atoms with van der Waals surface area (Å²) in [4.78, 5) is 4.40. The van der Waals surface area contributed by atoms with E-state index in [4.69, 9.17) is 11.6 Å². The number of hydrogen-bond donors (Lipinski definition) is 0. The van der Waals surface area contributed by atoms with E-state index in [1.54, 1.807) is 23.1 Å². The molecule has 4 heteroatoms. The Labute approximate surface area is 103 Å². The molecule has 1 nitrogen and oxygen atoms in total. The molecule has 0 saturated heterocycles. The Morgan fingerprint density at radius 2 is 2.07 bits per heavy atom. The van der Waals surface area contributed by atoms with Crippen LogP contribution in [-0.2, 0) is 5.75 Å². The van der Waals surface area contributed by atoms with E-state index in [2.05, 4.69) is 22.5 Å². The van der Waals surface area contributed by atoms with Gasteiger partial charge in [-0.25, -0.2) is 4.98 Å². The molecule has 0 unspecified atom stereocenters. The highest BCUT2D eigenvalue weighted by atomic mass is 35.5. The highest BCUT2D eigenvalue weighted by Gasteiger charge is 2.00. The largest absolute Gasteiger partial charge is 0.235 e. The maximum absolute atomic E-state index is 5.82. The Balaban J connectivity index is 1.96. The van der Waals surface area contributed by atoms with Gasteiger partial charge < -0.3 is 0 Å². The first kappa shape index (κ1) is 11.0. The molecular formula is C11H10ClNS2. The molecule has 0 aliphatic rings. The maximum Gasteiger partial charge on any atom is 0.150 e. The van der Waals surface area contributed by atoms with E-state index < -0.39 is 0 Å². The first-order valence-electron chi connectivity index (χ1n) is 4.53. The summed E-state index contributed by atoms with van der Waals surface area (Å²) in [6.45, 7) is 2.02. The zero-order chi connectivity index (χ0) is 10.7. The van der Waals surface area contributed by atoms with Crippen molar-refractivity contribution < 1.29 is 0 Å². The summed E-state index contributed by atoms with van der Waals surface area (Å²) >= 11 is 9.28. The molecule has 1 aromatic heterocycles. The molecule has 2 aromatic rings. The molecule has 0 aliphatic heterocycles. The third-order valence-corrected chi connectivity index (χ3v) is 4.34. The summed E-state index contributed by atoms with van der Waals surface area (Å²) in [7, 11) is 0. The maximum atomic E-state index is 5.82. The predicted molar refractivity (Wildman–Crippen MR) is 67.9 cm³/mol. The number of hydrogen-bond acceptors (Lipinski definition) is 3. The minimum Gasteiger partial charge on any atom is -0.235 e. The highest BCUT2D eigenvalue weighted by molar-refractivity contribution is 8.00. The average molecular weight is 256 g/mol. The van der Waals surface area contributed by atoms with Gasteiger partial charge in [-0.3, -0.25) is 0 Å². The number of benzene rings is 1. The van der Waals surface area contributed by atoms with Crippen LogP contribution >= 0.6 is 34.7 Å². The van der Waals surface area contributed by atoms with Crippen LogP contribution in [0.2, 0.25) is 5.02 Å². The van der Waals surface area contributed by atoms with Crippen LogP contribution < -0.4 is 0 Å². The van der Waals surface area contributed by atoms with Crippen molar-refractivity contribution in [1.29, 1.82) is 0 Å². The van der Waals surface area contributed by atoms with Crippen molar-refractivity contribution in [3.05, 3.63) is 45.9 Å². The van der Waals surface area contributed by atoms with Crippen molar-refractivity contribution in [2.75, 3.05) is 0 Å². The van der Waals surface area contributed by atoms with E-state index in [1.807, 2.05) is 19.1 Å². The summed E-state index contributed by atoms with van der Waals surface area (Å²) in [5.41, 5.74) is 2.37. The highest BCUT2D eigenvalue weighted by Crippen LogP contribution is 2.26. The second-order valence-electron chi connectivity index (χ2n) is 3.17. The molecule has 1 aromatic carbocycles. The van der Waals surface area contributed by atoms with Gasteiger partial charge >= 0.3 is 0 Å². The van der Waals surface area contributed by atoms with Crippen LogP contribution in [0.3, 0.4) is 0 Å². The van der Waals surface area contributed by atoms with Crippen LogP contribution in [0.25, 0.3) is 0 Å². The van der Waals surface area contributed by atoms with E-state index in [1.165, 1.54) is 5.56 Å². The van der Waals surface area contributed by atoms with Crippen molar-refractivity contribution in [2.45, 2.75) is 17.0 Å². The Morgan fingerprint density at radius 1 is 1.33 bits per heavy atom. The molecule has 78 valence electrons. The predicted octanol–water partition coefficient (Wildman–Crippen LogP) is 4.40. The molecule has 15 heavy (non-hydrogen) atoms. The Kier molecular flexibility index (Phi) is 3.67. The molecule has 0 amide bonds. The quantitative estimate of drug-likeness (QED) is 0.754. The topological polar surface area (TPSA) is 12.9 Å². The molecule has 0 bridgehead atoms. The number of aryl methyl sites for hydroxylation is 1. The van der Waals surface area contributed by atoms with Gasteiger partial charge in [-0.1, -0.05) is 35.5 Å². The molecule has 1 heterocycles. The van der Waals surface area contributed by atoms with Crippen LogP contribution in [0.15, 0.2) is 34.0 Å². The zero-order valence-corrected chi connectivity index (χ0v) is 10.6. The van der Waals surface area contributed by atoms with Crippen molar-refractivity contribution >= 4 is 34.7 Å². The molecule has 0 N–H and O–H groups in total. The Bertz CT molecular complexity index is 436. The molecule has 0 aliphatic carbocycles. The van der Waals surface area contributed by atoms with Gasteiger partial charge in [-0.2, -0.15) is 0 Å². The lowest BCUT2D eigenvalue weighted by atomic mass is 10.2. The van der Waals surface area contributed by atoms with Gasteiger partial charge in [0.1, 0.15) is 4.34 Å². The molecule has 0 radical (unpaired) electrons. The van der Waals surface area contributed by atoms with Gasteiger partial charge in [0.2, 0.25) is 0 Å². The van der Waals surface area contributed by atoms with Gasteiger partial charge in [-0.05, 0) is 24.6 Å². The van der Waals surface area contributed by atoms with Crippen LogP contribution in [0.5, 0.6) is 0 Å². The Hall–Kier alpha value is -0.510. The number of thioether (sulfide) groups is 1. The summed E-state index contributed by atoms with van der Waals surface area (Å²) in [5.74, 6) is 0.949. The van der Waals surface area contributed by atoms with Crippen molar-refractivity contribution in [3.8, 4) is 0 Å². The van der Waals surface area contributed by atoms with Crippen LogP contribution in [0, 0.1) is 6.92 Å². The molecule has 0 fully saturated rings. The first-order valence-corrected chi connectivity index (χ1v) is 6.78. The zero-order valence-electron chi connectivity index (χ0n) is 8.24. The monoisotopic (exact) mass is 255 g/mol. The number of thiazole rings is 1. The fourth-order valence-electron chi connectivity index (χ4n) is 1.12. The summed E-state index contributed by atoms with van der Waals surface area (Å²) in [5, 5.41) is 2.86. The van der Waals surface area contributed by atoms with E-state index in [0.717, 1.165) is 20.8 Å². The molecule has 2 rings (SSSR count). The van der Waals surface area contributed by atoms with Crippen molar-refractivity contribution in [1.82, 2.24) is 4.98 Å². The van der Waals surface area contributed by atoms with Crippen molar-refractivity contribution in [3.63, 3.8) is 0 Å². The lowest BCUT2D eigenvalue weighted by Gasteiger charge is -1.98. The van der Waals surface area contributed by atoms with E-state index in [-0.39, 0.29) is 0 Å². The summed E-state index contributed by atoms with van der Waals surface area (Å²) < 4.78 is 1.13. The van der Waals surface area contributed by atoms with E-state index in [9.17, 15) is 0 Å². The lowest BCUT2D eigenvalue weighted by molar-refractivity contribution is 1.16. The molecular weight excluding hydrogens is 246 g/mol. The Morgan fingerprint density at radius 3 is 2.67 bits per heavy atom. The number of nitrogens with zero attached hydrogens (tertiary/aromatic N) is 1. The van der Waals surface area contributed by atoms with E-state index in [0.29, 0.717) is 0 Å². The standard InChI is InChI=1S/C11H10ClNS2/c1-8-6-14-11(13-8)15-7-9-2-4-10(12)5-3-9/h2-6H,7H2,1H3. The fraction of sp³-hybridized carbons (Fsp3) is 0.182. The third kappa shape index (κ3) is 3.23. The third-order valence-electron chi connectivity index (χ3n) is 1.87. The molecule has 0 atom stereocenters. The smallest absolute Gasteiger partial charge is 0.150 e. The summed E-state index contributed by atoms with van der Waals surface area (Å²) in [6.07, 6.45) is 0. The molecule has 0 saturated carbocycles. The summed E-state index contributed by atoms with van der Waals surface area (Å²) in [6, 6.07) is 7.95. The van der Waals surface area contributed by atoms with Gasteiger partial charge in [0, 0.05) is 21.8 Å². The van der Waals surface area contributed by atoms with Crippen LogP contribution in [0.1, 0.15) is 11.3 Å². The van der Waals surface area contributed by atoms with Crippen LogP contribution in [0.4, 0.5) is 0 Å². The minimum absolute atomic E-state index is 0.786. The normalized spacial score (nSPS) is 10.5. The molecule has 0 spiro atoms.